The number of amides is 1. The van der Waals surface area contributed by atoms with Crippen LogP contribution in [-0.4, -0.2) is 25.7 Å². The highest BCUT2D eigenvalue weighted by atomic mass is 16.2. The van der Waals surface area contributed by atoms with Gasteiger partial charge in [0.25, 0.3) is 0 Å². The van der Waals surface area contributed by atoms with Crippen LogP contribution >= 0.6 is 0 Å². The Kier molecular flexibility index (Phi) is 5.06. The van der Waals surface area contributed by atoms with Gasteiger partial charge in [-0.25, -0.2) is 9.97 Å². The smallest absolute Gasteiger partial charge is 0.229 e. The number of nitrogens with one attached hydrogen (secondary N) is 1. The van der Waals surface area contributed by atoms with Crippen molar-refractivity contribution >= 4 is 28.3 Å². The molecule has 0 saturated heterocycles. The third-order valence-electron chi connectivity index (χ3n) is 6.18. The molecule has 3 aromatic heterocycles. The second kappa shape index (κ2) is 8.06. The van der Waals surface area contributed by atoms with Crippen LogP contribution in [0.25, 0.3) is 22.0 Å². The molecule has 1 aromatic carbocycles. The van der Waals surface area contributed by atoms with E-state index in [1.165, 1.54) is 0 Å². The van der Waals surface area contributed by atoms with Crippen LogP contribution in [0.1, 0.15) is 29.0 Å². The fraction of sp³-hybridized carbons (Fsp3) is 0.231. The SMILES string of the molecule is C#CCc1cccc(C)c1-c1cc2cc(NC(=O)[C@@H]3C[C@H]3c3cnn(C)c3)ncc2c(N)n1. The Bertz CT molecular complexity index is 1430. The molecule has 1 saturated carbocycles. The van der Waals surface area contributed by atoms with Crippen molar-refractivity contribution in [3.05, 3.63) is 65.6 Å². The Morgan fingerprint density at radius 2 is 2.18 bits per heavy atom. The number of nitrogens with zero attached hydrogens (tertiary/aromatic N) is 4. The lowest BCUT2D eigenvalue weighted by atomic mass is 9.96. The first-order valence-corrected chi connectivity index (χ1v) is 10.8. The molecule has 0 unspecified atom stereocenters. The number of terminal acetylenes is 1. The number of nitrogen functional groups attached to an aromatic ring is 1. The molecule has 0 bridgehead atoms. The Labute approximate surface area is 192 Å². The van der Waals surface area contributed by atoms with Gasteiger partial charge in [-0.2, -0.15) is 5.10 Å². The molecule has 2 atom stereocenters. The Hall–Kier alpha value is -4.18. The molecular formula is C26H24N6O. The van der Waals surface area contributed by atoms with E-state index >= 15 is 0 Å². The quantitative estimate of drug-likeness (QED) is 0.463. The molecule has 5 rings (SSSR count). The van der Waals surface area contributed by atoms with Crippen LogP contribution in [0.2, 0.25) is 0 Å². The van der Waals surface area contributed by atoms with Crippen molar-refractivity contribution < 1.29 is 4.79 Å². The highest BCUT2D eigenvalue weighted by molar-refractivity contribution is 5.99. The fourth-order valence-electron chi connectivity index (χ4n) is 4.43. The van der Waals surface area contributed by atoms with E-state index in [2.05, 4.69) is 26.3 Å². The molecule has 1 aliphatic rings. The van der Waals surface area contributed by atoms with E-state index in [9.17, 15) is 4.79 Å². The van der Waals surface area contributed by atoms with Gasteiger partial charge < -0.3 is 11.1 Å². The lowest BCUT2D eigenvalue weighted by molar-refractivity contribution is -0.117. The predicted molar refractivity (Wildman–Crippen MR) is 129 cm³/mol. The van der Waals surface area contributed by atoms with Crippen LogP contribution < -0.4 is 11.1 Å². The summed E-state index contributed by atoms with van der Waals surface area (Å²) in [5.41, 5.74) is 11.2. The molecule has 7 nitrogen and oxygen atoms in total. The monoisotopic (exact) mass is 436 g/mol. The summed E-state index contributed by atoms with van der Waals surface area (Å²) in [7, 11) is 1.88. The van der Waals surface area contributed by atoms with E-state index in [1.54, 1.807) is 10.9 Å². The number of hydrogen-bond donors (Lipinski definition) is 2. The number of fused-ring (bicyclic) bond motifs is 1. The lowest BCUT2D eigenvalue weighted by Gasteiger charge is -2.13. The van der Waals surface area contributed by atoms with Crippen LogP contribution in [0.4, 0.5) is 11.6 Å². The number of benzene rings is 1. The standard InChI is InChI=1S/C26H24N6O/c1-4-6-16-8-5-7-15(2)24(16)22-9-17-10-23(28-13-21(17)25(27)30-22)31-26(33)20-11-19(20)18-12-29-32(3)14-18/h1,5,7-10,12-14,19-20H,6,11H2,2-3H3,(H2,27,30)(H,28,31,33)/t19-,20+/m0/s1. The number of carbonyl (C=O) groups excluding carboxylic acids is 1. The first-order valence-electron chi connectivity index (χ1n) is 10.8. The van der Waals surface area contributed by atoms with Crippen LogP contribution in [0, 0.1) is 25.2 Å². The maximum Gasteiger partial charge on any atom is 0.229 e. The van der Waals surface area contributed by atoms with E-state index in [1.807, 2.05) is 56.7 Å². The summed E-state index contributed by atoms with van der Waals surface area (Å²) in [6.45, 7) is 2.03. The number of carbonyl (C=O) groups is 1. The number of aryl methyl sites for hydroxylation is 2. The summed E-state index contributed by atoms with van der Waals surface area (Å²) in [4.78, 5) is 21.8. The predicted octanol–water partition coefficient (Wildman–Crippen LogP) is 3.84. The van der Waals surface area contributed by atoms with E-state index in [-0.39, 0.29) is 17.7 Å². The van der Waals surface area contributed by atoms with Crippen molar-refractivity contribution in [1.29, 1.82) is 0 Å². The molecule has 3 heterocycles. The minimum absolute atomic E-state index is 0.0341. The van der Waals surface area contributed by atoms with Crippen molar-refractivity contribution in [2.24, 2.45) is 13.0 Å². The summed E-state index contributed by atoms with van der Waals surface area (Å²) in [5, 5.41) is 8.76. The highest BCUT2D eigenvalue weighted by Crippen LogP contribution is 2.47. The molecule has 4 aromatic rings. The van der Waals surface area contributed by atoms with Gasteiger partial charge in [0, 0.05) is 42.7 Å². The van der Waals surface area contributed by atoms with Gasteiger partial charge in [0.1, 0.15) is 11.6 Å². The van der Waals surface area contributed by atoms with Crippen molar-refractivity contribution in [3.8, 4) is 23.6 Å². The zero-order valence-corrected chi connectivity index (χ0v) is 18.5. The Morgan fingerprint density at radius 1 is 1.33 bits per heavy atom. The minimum Gasteiger partial charge on any atom is -0.383 e. The molecule has 33 heavy (non-hydrogen) atoms. The summed E-state index contributed by atoms with van der Waals surface area (Å²) in [6.07, 6.45) is 12.3. The van der Waals surface area contributed by atoms with Gasteiger partial charge in [-0.1, -0.05) is 18.2 Å². The van der Waals surface area contributed by atoms with Crippen molar-refractivity contribution in [1.82, 2.24) is 19.7 Å². The van der Waals surface area contributed by atoms with Gasteiger partial charge >= 0.3 is 0 Å². The van der Waals surface area contributed by atoms with Crippen molar-refractivity contribution in [3.63, 3.8) is 0 Å². The summed E-state index contributed by atoms with van der Waals surface area (Å²) >= 11 is 0. The Balaban J connectivity index is 1.44. The third kappa shape index (κ3) is 3.92. The van der Waals surface area contributed by atoms with Gasteiger partial charge in [0.2, 0.25) is 5.91 Å². The van der Waals surface area contributed by atoms with Gasteiger partial charge in [-0.05, 0) is 53.5 Å². The number of aromatic nitrogens is 4. The number of anilines is 2. The van der Waals surface area contributed by atoms with Crippen LogP contribution in [-0.2, 0) is 18.3 Å². The Morgan fingerprint density at radius 3 is 2.94 bits per heavy atom. The molecule has 1 fully saturated rings. The van der Waals surface area contributed by atoms with Gasteiger partial charge in [-0.3, -0.25) is 9.48 Å². The zero-order valence-electron chi connectivity index (χ0n) is 18.5. The number of rotatable bonds is 5. The van der Waals surface area contributed by atoms with E-state index in [4.69, 9.17) is 12.2 Å². The average molecular weight is 437 g/mol. The first kappa shape index (κ1) is 20.7. The largest absolute Gasteiger partial charge is 0.383 e. The maximum absolute atomic E-state index is 12.8. The van der Waals surface area contributed by atoms with Crippen LogP contribution in [0.5, 0.6) is 0 Å². The average Bonchev–Trinajstić information content (AvgIpc) is 3.47. The van der Waals surface area contributed by atoms with Gasteiger partial charge in [0.15, 0.2) is 0 Å². The molecule has 164 valence electrons. The first-order chi connectivity index (χ1) is 15.9. The zero-order chi connectivity index (χ0) is 23.1. The lowest BCUT2D eigenvalue weighted by Crippen LogP contribution is -2.15. The van der Waals surface area contributed by atoms with Gasteiger partial charge in [-0.15, -0.1) is 12.3 Å². The van der Waals surface area contributed by atoms with Crippen molar-refractivity contribution in [2.75, 3.05) is 11.1 Å². The van der Waals surface area contributed by atoms with E-state index in [0.29, 0.717) is 18.1 Å². The van der Waals surface area contributed by atoms with Crippen molar-refractivity contribution in [2.45, 2.75) is 25.7 Å². The fourth-order valence-corrected chi connectivity index (χ4v) is 4.43. The normalized spacial score (nSPS) is 17.0. The van der Waals surface area contributed by atoms with E-state index in [0.717, 1.165) is 45.1 Å². The highest BCUT2D eigenvalue weighted by Gasteiger charge is 2.44. The topological polar surface area (TPSA) is 98.7 Å². The van der Waals surface area contributed by atoms with Gasteiger partial charge in [0.05, 0.1) is 11.9 Å². The summed E-state index contributed by atoms with van der Waals surface area (Å²) in [6, 6.07) is 9.85. The molecule has 1 aliphatic carbocycles. The summed E-state index contributed by atoms with van der Waals surface area (Å²) in [5.74, 6) is 3.71. The number of pyridine rings is 2. The molecule has 0 aliphatic heterocycles. The number of nitrogens with two attached hydrogens (primary N) is 1. The second-order valence-electron chi connectivity index (χ2n) is 8.56. The van der Waals surface area contributed by atoms with Crippen LogP contribution in [0.15, 0.2) is 48.9 Å². The maximum atomic E-state index is 12.8. The second-order valence-corrected chi connectivity index (χ2v) is 8.56. The molecule has 0 spiro atoms. The third-order valence-corrected chi connectivity index (χ3v) is 6.18. The molecular weight excluding hydrogens is 412 g/mol. The minimum atomic E-state index is -0.0666. The van der Waals surface area contributed by atoms with E-state index < -0.39 is 0 Å². The molecule has 7 heteroatoms. The molecule has 3 N–H and O–H groups in total. The molecule has 1 amide bonds. The van der Waals surface area contributed by atoms with Crippen LogP contribution in [0.3, 0.4) is 0 Å². The summed E-state index contributed by atoms with van der Waals surface area (Å²) < 4.78 is 1.76. The number of hydrogen-bond acceptors (Lipinski definition) is 5. The molecule has 0 radical (unpaired) electrons.